The second-order valence-corrected chi connectivity index (χ2v) is 10.1. The van der Waals surface area contributed by atoms with Crippen LogP contribution in [-0.2, 0) is 0 Å². The SMILES string of the molecule is CC1CCCCN1CCCN(CC1=CCC2CC1C2(C)C)C(=O)c1ccccc1. The molecular formula is C26H38N2O. The van der Waals surface area contributed by atoms with Crippen molar-refractivity contribution in [3.63, 3.8) is 0 Å². The third-order valence-corrected chi connectivity index (χ3v) is 8.08. The van der Waals surface area contributed by atoms with E-state index in [9.17, 15) is 4.79 Å². The molecule has 3 atom stereocenters. The Kier molecular flexibility index (Phi) is 6.15. The van der Waals surface area contributed by atoms with E-state index in [-0.39, 0.29) is 5.91 Å². The van der Waals surface area contributed by atoms with E-state index in [4.69, 9.17) is 0 Å². The zero-order valence-electron chi connectivity index (χ0n) is 18.6. The summed E-state index contributed by atoms with van der Waals surface area (Å²) in [5, 5.41) is 0. The molecule has 1 saturated carbocycles. The lowest BCUT2D eigenvalue weighted by Crippen LogP contribution is -2.50. The zero-order valence-corrected chi connectivity index (χ0v) is 18.6. The maximum Gasteiger partial charge on any atom is 0.254 e. The Bertz CT molecular complexity index is 738. The summed E-state index contributed by atoms with van der Waals surface area (Å²) >= 11 is 0. The van der Waals surface area contributed by atoms with Crippen LogP contribution in [0.25, 0.3) is 0 Å². The van der Waals surface area contributed by atoms with E-state index >= 15 is 0 Å². The van der Waals surface area contributed by atoms with Crippen molar-refractivity contribution in [3.8, 4) is 0 Å². The van der Waals surface area contributed by atoms with Crippen molar-refractivity contribution in [1.82, 2.24) is 9.80 Å². The number of nitrogens with zero attached hydrogens (tertiary/aromatic N) is 2. The van der Waals surface area contributed by atoms with Crippen LogP contribution in [0.3, 0.4) is 0 Å². The quantitative estimate of drug-likeness (QED) is 0.579. The lowest BCUT2D eigenvalue weighted by Gasteiger charge is -2.57. The first-order chi connectivity index (χ1) is 14.0. The summed E-state index contributed by atoms with van der Waals surface area (Å²) in [6.07, 6.45) is 10.0. The second-order valence-electron chi connectivity index (χ2n) is 10.1. The van der Waals surface area contributed by atoms with Gasteiger partial charge < -0.3 is 9.80 Å². The van der Waals surface area contributed by atoms with Crippen molar-refractivity contribution in [1.29, 1.82) is 0 Å². The highest BCUT2D eigenvalue weighted by Crippen LogP contribution is 2.59. The van der Waals surface area contributed by atoms with Gasteiger partial charge in [-0.1, -0.05) is 50.1 Å². The summed E-state index contributed by atoms with van der Waals surface area (Å²) in [4.78, 5) is 18.1. The maximum atomic E-state index is 13.3. The Morgan fingerprint density at radius 3 is 2.69 bits per heavy atom. The van der Waals surface area contributed by atoms with Crippen LogP contribution in [0.4, 0.5) is 0 Å². The van der Waals surface area contributed by atoms with Crippen LogP contribution in [-0.4, -0.2) is 47.9 Å². The minimum absolute atomic E-state index is 0.192. The monoisotopic (exact) mass is 394 g/mol. The third-order valence-electron chi connectivity index (χ3n) is 8.08. The molecule has 0 N–H and O–H groups in total. The summed E-state index contributed by atoms with van der Waals surface area (Å²) < 4.78 is 0. The minimum Gasteiger partial charge on any atom is -0.335 e. The molecular weight excluding hydrogens is 356 g/mol. The molecule has 3 heteroatoms. The third kappa shape index (κ3) is 4.30. The van der Waals surface area contributed by atoms with Crippen LogP contribution in [0.15, 0.2) is 42.0 Å². The number of hydrogen-bond acceptors (Lipinski definition) is 2. The van der Waals surface area contributed by atoms with Crippen molar-refractivity contribution < 1.29 is 4.79 Å². The fraction of sp³-hybridized carbons (Fsp3) is 0.654. The van der Waals surface area contributed by atoms with E-state index in [0.29, 0.717) is 17.4 Å². The Hall–Kier alpha value is -1.61. The van der Waals surface area contributed by atoms with E-state index in [1.165, 1.54) is 44.2 Å². The summed E-state index contributed by atoms with van der Waals surface area (Å²) in [6.45, 7) is 11.2. The molecule has 1 aromatic carbocycles. The molecule has 1 heterocycles. The molecule has 0 radical (unpaired) electrons. The molecule has 1 aliphatic heterocycles. The zero-order chi connectivity index (χ0) is 20.4. The predicted octanol–water partition coefficient (Wildman–Crippen LogP) is 5.39. The first kappa shape index (κ1) is 20.7. The molecule has 0 aromatic heterocycles. The summed E-state index contributed by atoms with van der Waals surface area (Å²) in [7, 11) is 0. The number of amides is 1. The number of likely N-dealkylation sites (tertiary alicyclic amines) is 1. The van der Waals surface area contributed by atoms with Crippen LogP contribution in [0.2, 0.25) is 0 Å². The fourth-order valence-electron chi connectivity index (χ4n) is 5.85. The standard InChI is InChI=1S/C26H38N2O/c1-20-10-7-8-15-27(20)16-9-17-28(25(29)21-11-5-4-6-12-21)19-22-13-14-23-18-24(22)26(23,2)3/h4-6,11-13,20,23-24H,7-10,14-19H2,1-3H3. The first-order valence-electron chi connectivity index (χ1n) is 11.7. The van der Waals surface area contributed by atoms with Crippen molar-refractivity contribution >= 4 is 5.91 Å². The molecule has 29 heavy (non-hydrogen) atoms. The van der Waals surface area contributed by atoms with Gasteiger partial charge in [0.05, 0.1) is 0 Å². The Labute approximate surface area is 177 Å². The van der Waals surface area contributed by atoms with Gasteiger partial charge in [0.15, 0.2) is 0 Å². The average molecular weight is 395 g/mol. The van der Waals surface area contributed by atoms with Crippen LogP contribution in [0.5, 0.6) is 0 Å². The van der Waals surface area contributed by atoms with E-state index < -0.39 is 0 Å². The molecule has 0 spiro atoms. The average Bonchev–Trinajstić information content (AvgIpc) is 2.74. The number of hydrogen-bond donors (Lipinski definition) is 0. The lowest BCUT2D eigenvalue weighted by atomic mass is 9.49. The van der Waals surface area contributed by atoms with Crippen LogP contribution in [0.1, 0.15) is 69.7 Å². The van der Waals surface area contributed by atoms with Crippen molar-refractivity contribution in [2.24, 2.45) is 17.3 Å². The number of carbonyl (C=O) groups excluding carboxylic acids is 1. The molecule has 3 nitrogen and oxygen atoms in total. The first-order valence-corrected chi connectivity index (χ1v) is 11.7. The van der Waals surface area contributed by atoms with Crippen LogP contribution in [0, 0.1) is 17.3 Å². The van der Waals surface area contributed by atoms with Gasteiger partial charge in [-0.3, -0.25) is 4.79 Å². The van der Waals surface area contributed by atoms with Gasteiger partial charge in [0.1, 0.15) is 0 Å². The summed E-state index contributed by atoms with van der Waals surface area (Å²) in [5.74, 6) is 1.70. The molecule has 5 rings (SSSR count). The highest BCUT2D eigenvalue weighted by molar-refractivity contribution is 5.94. The predicted molar refractivity (Wildman–Crippen MR) is 120 cm³/mol. The highest BCUT2D eigenvalue weighted by atomic mass is 16.2. The molecule has 1 amide bonds. The van der Waals surface area contributed by atoms with Gasteiger partial charge >= 0.3 is 0 Å². The van der Waals surface area contributed by atoms with Gasteiger partial charge in [-0.15, -0.1) is 0 Å². The van der Waals surface area contributed by atoms with E-state index in [1.807, 2.05) is 30.3 Å². The fourth-order valence-corrected chi connectivity index (χ4v) is 5.85. The van der Waals surface area contributed by atoms with Gasteiger partial charge in [-0.25, -0.2) is 0 Å². The van der Waals surface area contributed by atoms with Gasteiger partial charge in [0.2, 0.25) is 0 Å². The smallest absolute Gasteiger partial charge is 0.254 e. The number of rotatable bonds is 7. The second kappa shape index (κ2) is 8.63. The van der Waals surface area contributed by atoms with Gasteiger partial charge in [-0.05, 0) is 75.0 Å². The largest absolute Gasteiger partial charge is 0.335 e. The lowest BCUT2D eigenvalue weighted by molar-refractivity contribution is -0.0104. The summed E-state index contributed by atoms with van der Waals surface area (Å²) in [6, 6.07) is 10.5. The van der Waals surface area contributed by atoms with E-state index in [2.05, 4.69) is 36.6 Å². The van der Waals surface area contributed by atoms with Gasteiger partial charge in [-0.2, -0.15) is 0 Å². The maximum absolute atomic E-state index is 13.3. The Balaban J connectivity index is 1.43. The molecule has 4 aliphatic rings. The molecule has 158 valence electrons. The molecule has 3 unspecified atom stereocenters. The molecule has 1 saturated heterocycles. The number of carbonyl (C=O) groups is 1. The molecule has 2 fully saturated rings. The molecule has 3 aliphatic carbocycles. The number of piperidine rings is 1. The van der Waals surface area contributed by atoms with E-state index in [1.54, 1.807) is 0 Å². The van der Waals surface area contributed by atoms with Gasteiger partial charge in [0.25, 0.3) is 5.91 Å². The Morgan fingerprint density at radius 2 is 2.00 bits per heavy atom. The van der Waals surface area contributed by atoms with Crippen molar-refractivity contribution in [3.05, 3.63) is 47.5 Å². The van der Waals surface area contributed by atoms with E-state index in [0.717, 1.165) is 37.5 Å². The number of allylic oxidation sites excluding steroid dienone is 1. The highest BCUT2D eigenvalue weighted by Gasteiger charge is 2.51. The van der Waals surface area contributed by atoms with Crippen molar-refractivity contribution in [2.45, 2.75) is 65.3 Å². The normalized spacial score (nSPS) is 28.4. The minimum atomic E-state index is 0.192. The van der Waals surface area contributed by atoms with Crippen LogP contribution >= 0.6 is 0 Å². The van der Waals surface area contributed by atoms with Gasteiger partial charge in [0, 0.05) is 31.2 Å². The van der Waals surface area contributed by atoms with Crippen molar-refractivity contribution in [2.75, 3.05) is 26.2 Å². The molecule has 2 bridgehead atoms. The Morgan fingerprint density at radius 1 is 1.21 bits per heavy atom. The molecule has 1 aromatic rings. The topological polar surface area (TPSA) is 23.6 Å². The number of fused-ring (bicyclic) bond motifs is 1. The summed E-state index contributed by atoms with van der Waals surface area (Å²) in [5.41, 5.74) is 2.74. The number of benzene rings is 1. The van der Waals surface area contributed by atoms with Crippen LogP contribution < -0.4 is 0 Å².